The van der Waals surface area contributed by atoms with Crippen molar-refractivity contribution in [1.82, 2.24) is 0 Å². The molecule has 0 amide bonds. The average molecular weight is 302 g/mol. The van der Waals surface area contributed by atoms with Crippen LogP contribution in [0.15, 0.2) is 35.9 Å². The van der Waals surface area contributed by atoms with Crippen LogP contribution in [-0.4, -0.2) is 23.7 Å². The van der Waals surface area contributed by atoms with Crippen LogP contribution in [0.5, 0.6) is 0 Å². The Morgan fingerprint density at radius 3 is 2.45 bits per heavy atom. The SMILES string of the molecule is CCCCC1=C(c2ccccc2)C(C(=O)O)(C(=O)OCC)C1. The van der Waals surface area contributed by atoms with E-state index in [1.165, 1.54) is 0 Å². The van der Waals surface area contributed by atoms with E-state index in [9.17, 15) is 14.7 Å². The van der Waals surface area contributed by atoms with E-state index in [0.717, 1.165) is 30.4 Å². The molecule has 2 rings (SSSR count). The molecule has 0 fully saturated rings. The van der Waals surface area contributed by atoms with Gasteiger partial charge in [0.1, 0.15) is 0 Å². The summed E-state index contributed by atoms with van der Waals surface area (Å²) in [5.41, 5.74) is 0.951. The molecule has 0 heterocycles. The molecule has 1 unspecified atom stereocenters. The molecule has 0 radical (unpaired) electrons. The third-order valence-corrected chi connectivity index (χ3v) is 4.14. The van der Waals surface area contributed by atoms with E-state index < -0.39 is 17.4 Å². The van der Waals surface area contributed by atoms with Gasteiger partial charge >= 0.3 is 11.9 Å². The minimum Gasteiger partial charge on any atom is -0.480 e. The van der Waals surface area contributed by atoms with Crippen LogP contribution in [0.25, 0.3) is 5.57 Å². The molecule has 1 N–H and O–H groups in total. The number of carbonyl (C=O) groups is 2. The zero-order chi connectivity index (χ0) is 16.2. The second-order valence-electron chi connectivity index (χ2n) is 5.56. The molecule has 1 atom stereocenters. The molecule has 4 heteroatoms. The van der Waals surface area contributed by atoms with Crippen LogP contribution in [0, 0.1) is 5.41 Å². The molecule has 1 aliphatic rings. The van der Waals surface area contributed by atoms with Crippen molar-refractivity contribution in [3.05, 3.63) is 41.5 Å². The van der Waals surface area contributed by atoms with E-state index in [1.54, 1.807) is 6.92 Å². The lowest BCUT2D eigenvalue weighted by Crippen LogP contribution is -2.48. The third kappa shape index (κ3) is 2.65. The highest BCUT2D eigenvalue weighted by molar-refractivity contribution is 6.15. The van der Waals surface area contributed by atoms with Crippen LogP contribution in [0.1, 0.15) is 45.1 Å². The number of carboxylic acids is 1. The van der Waals surface area contributed by atoms with Crippen molar-refractivity contribution in [2.75, 3.05) is 6.61 Å². The summed E-state index contributed by atoms with van der Waals surface area (Å²) in [7, 11) is 0. The summed E-state index contributed by atoms with van der Waals surface area (Å²) in [5, 5.41) is 9.72. The topological polar surface area (TPSA) is 63.6 Å². The molecule has 1 aromatic rings. The number of benzene rings is 1. The normalized spacial score (nSPS) is 20.5. The number of hydrogen-bond donors (Lipinski definition) is 1. The second-order valence-corrected chi connectivity index (χ2v) is 5.56. The standard InChI is InChI=1S/C18H22O4/c1-3-5-9-14-12-18(16(19)20,17(21)22-4-2)15(14)13-10-7-6-8-11-13/h6-8,10-11H,3-5,9,12H2,1-2H3,(H,19,20). The van der Waals surface area contributed by atoms with Crippen molar-refractivity contribution >= 4 is 17.5 Å². The lowest BCUT2D eigenvalue weighted by atomic mass is 9.60. The van der Waals surface area contributed by atoms with Gasteiger partial charge in [0.05, 0.1) is 6.61 Å². The first-order chi connectivity index (χ1) is 10.6. The number of hydrogen-bond acceptors (Lipinski definition) is 3. The van der Waals surface area contributed by atoms with Crippen LogP contribution in [-0.2, 0) is 14.3 Å². The molecule has 1 aromatic carbocycles. The second kappa shape index (κ2) is 6.77. The van der Waals surface area contributed by atoms with Gasteiger partial charge in [-0.25, -0.2) is 0 Å². The smallest absolute Gasteiger partial charge is 0.328 e. The van der Waals surface area contributed by atoms with Gasteiger partial charge in [-0.1, -0.05) is 49.2 Å². The Kier molecular flexibility index (Phi) is 5.01. The predicted octanol–water partition coefficient (Wildman–Crippen LogP) is 3.67. The van der Waals surface area contributed by atoms with Crippen molar-refractivity contribution in [1.29, 1.82) is 0 Å². The number of carbonyl (C=O) groups excluding carboxylic acids is 1. The highest BCUT2D eigenvalue weighted by Gasteiger charge is 2.58. The monoisotopic (exact) mass is 302 g/mol. The molecule has 0 saturated carbocycles. The van der Waals surface area contributed by atoms with Gasteiger partial charge in [0.15, 0.2) is 5.41 Å². The average Bonchev–Trinajstić information content (AvgIpc) is 2.47. The first-order valence-corrected chi connectivity index (χ1v) is 7.76. The lowest BCUT2D eigenvalue weighted by molar-refractivity contribution is -0.164. The van der Waals surface area contributed by atoms with Crippen molar-refractivity contribution < 1.29 is 19.4 Å². The van der Waals surface area contributed by atoms with Crippen LogP contribution < -0.4 is 0 Å². The Morgan fingerprint density at radius 1 is 1.23 bits per heavy atom. The Morgan fingerprint density at radius 2 is 1.91 bits per heavy atom. The number of esters is 1. The maximum Gasteiger partial charge on any atom is 0.328 e. The largest absolute Gasteiger partial charge is 0.480 e. The molecule has 118 valence electrons. The maximum absolute atomic E-state index is 12.4. The summed E-state index contributed by atoms with van der Waals surface area (Å²) in [4.78, 5) is 24.2. The van der Waals surface area contributed by atoms with E-state index in [0.29, 0.717) is 5.57 Å². The lowest BCUT2D eigenvalue weighted by Gasteiger charge is -2.41. The first-order valence-electron chi connectivity index (χ1n) is 7.76. The Balaban J connectivity index is 2.49. The van der Waals surface area contributed by atoms with Gasteiger partial charge in [0.25, 0.3) is 0 Å². The van der Waals surface area contributed by atoms with E-state index in [4.69, 9.17) is 4.74 Å². The Bertz CT molecular complexity index is 588. The summed E-state index contributed by atoms with van der Waals surface area (Å²) in [5.74, 6) is -1.77. The number of allylic oxidation sites excluding steroid dienone is 1. The highest BCUT2D eigenvalue weighted by Crippen LogP contribution is 2.54. The number of rotatable bonds is 7. The van der Waals surface area contributed by atoms with Crippen LogP contribution in [0.4, 0.5) is 0 Å². The van der Waals surface area contributed by atoms with Gasteiger partial charge in [-0.15, -0.1) is 0 Å². The predicted molar refractivity (Wildman–Crippen MR) is 84.2 cm³/mol. The van der Waals surface area contributed by atoms with Crippen LogP contribution >= 0.6 is 0 Å². The zero-order valence-electron chi connectivity index (χ0n) is 13.1. The van der Waals surface area contributed by atoms with Gasteiger partial charge in [-0.05, 0) is 37.3 Å². The first kappa shape index (κ1) is 16.3. The Labute approximate surface area is 130 Å². The molecule has 0 spiro atoms. The molecule has 4 nitrogen and oxygen atoms in total. The Hall–Kier alpha value is -2.10. The van der Waals surface area contributed by atoms with E-state index >= 15 is 0 Å². The zero-order valence-corrected chi connectivity index (χ0v) is 13.1. The van der Waals surface area contributed by atoms with Crippen LogP contribution in [0.3, 0.4) is 0 Å². The van der Waals surface area contributed by atoms with Crippen molar-refractivity contribution in [3.63, 3.8) is 0 Å². The quantitative estimate of drug-likeness (QED) is 0.616. The fraction of sp³-hybridized carbons (Fsp3) is 0.444. The molecule has 0 bridgehead atoms. The number of unbranched alkanes of at least 4 members (excludes halogenated alkanes) is 1. The van der Waals surface area contributed by atoms with Crippen molar-refractivity contribution in [2.24, 2.45) is 5.41 Å². The summed E-state index contributed by atoms with van der Waals surface area (Å²) in [6.45, 7) is 3.97. The molecular weight excluding hydrogens is 280 g/mol. The highest BCUT2D eigenvalue weighted by atomic mass is 16.5. The molecule has 0 saturated heterocycles. The fourth-order valence-corrected chi connectivity index (χ4v) is 3.05. The van der Waals surface area contributed by atoms with Crippen molar-refractivity contribution in [2.45, 2.75) is 39.5 Å². The number of ether oxygens (including phenoxy) is 1. The summed E-state index contributed by atoms with van der Waals surface area (Å²) >= 11 is 0. The maximum atomic E-state index is 12.4. The summed E-state index contributed by atoms with van der Waals surface area (Å²) < 4.78 is 5.06. The van der Waals surface area contributed by atoms with Gasteiger partial charge in [0, 0.05) is 0 Å². The van der Waals surface area contributed by atoms with Gasteiger partial charge in [-0.3, -0.25) is 9.59 Å². The van der Waals surface area contributed by atoms with E-state index in [1.807, 2.05) is 30.3 Å². The van der Waals surface area contributed by atoms with Gasteiger partial charge in [-0.2, -0.15) is 0 Å². The van der Waals surface area contributed by atoms with E-state index in [2.05, 4.69) is 6.92 Å². The molecule has 22 heavy (non-hydrogen) atoms. The number of aliphatic carboxylic acids is 1. The molecule has 0 aliphatic heterocycles. The fourth-order valence-electron chi connectivity index (χ4n) is 3.05. The number of carboxylic acid groups (broad SMARTS) is 1. The molecule has 1 aliphatic carbocycles. The summed E-state index contributed by atoms with van der Waals surface area (Å²) in [6, 6.07) is 9.31. The van der Waals surface area contributed by atoms with Gasteiger partial charge < -0.3 is 9.84 Å². The molecule has 0 aromatic heterocycles. The summed E-state index contributed by atoms with van der Waals surface area (Å²) in [6.07, 6.45) is 3.11. The molecular formula is C18H22O4. The van der Waals surface area contributed by atoms with Gasteiger partial charge in [0.2, 0.25) is 0 Å². The van der Waals surface area contributed by atoms with Crippen molar-refractivity contribution in [3.8, 4) is 0 Å². The minimum atomic E-state index is -1.54. The third-order valence-electron chi connectivity index (χ3n) is 4.14. The minimum absolute atomic E-state index is 0.181. The van der Waals surface area contributed by atoms with E-state index in [-0.39, 0.29) is 13.0 Å². The van der Waals surface area contributed by atoms with Crippen LogP contribution in [0.2, 0.25) is 0 Å².